The number of ether oxygens (including phenoxy) is 1. The van der Waals surface area contributed by atoms with Crippen LogP contribution in [0.2, 0.25) is 0 Å². The zero-order valence-corrected chi connectivity index (χ0v) is 14.4. The van der Waals surface area contributed by atoms with E-state index in [0.29, 0.717) is 17.1 Å². The summed E-state index contributed by atoms with van der Waals surface area (Å²) in [5, 5.41) is 18.4. The number of hydrogen-bond acceptors (Lipinski definition) is 6. The fourth-order valence-corrected chi connectivity index (χ4v) is 2.90. The van der Waals surface area contributed by atoms with Crippen LogP contribution in [0.25, 0.3) is 0 Å². The Labute approximate surface area is 151 Å². The van der Waals surface area contributed by atoms with E-state index in [1.807, 2.05) is 60.3 Å². The van der Waals surface area contributed by atoms with Gasteiger partial charge in [0.1, 0.15) is 23.2 Å². The average molecular weight is 344 g/mol. The third-order valence-electron chi connectivity index (χ3n) is 4.21. The standard InChI is InChI=1S/C20H16N4O2/c1-23-17-5-3-4-6-18(17)24(2)20(23)16(12-22)19(25)13-26-15-9-7-14(11-21)8-10-15/h3-10H,13H2,1-2H3. The lowest BCUT2D eigenvalue weighted by Gasteiger charge is -2.20. The van der Waals surface area contributed by atoms with Crippen molar-refractivity contribution in [1.82, 2.24) is 0 Å². The van der Waals surface area contributed by atoms with Gasteiger partial charge in [0.15, 0.2) is 6.61 Å². The third-order valence-corrected chi connectivity index (χ3v) is 4.21. The highest BCUT2D eigenvalue weighted by Gasteiger charge is 2.31. The number of Topliss-reactive ketones (excluding diaryl/α,β-unsaturated/α-hetero) is 1. The second-order valence-electron chi connectivity index (χ2n) is 5.77. The van der Waals surface area contributed by atoms with Crippen LogP contribution in [-0.4, -0.2) is 26.5 Å². The Morgan fingerprint density at radius 1 is 1.00 bits per heavy atom. The van der Waals surface area contributed by atoms with Crippen molar-refractivity contribution in [2.24, 2.45) is 0 Å². The van der Waals surface area contributed by atoms with Crippen molar-refractivity contribution < 1.29 is 9.53 Å². The molecule has 0 aromatic heterocycles. The first-order valence-electron chi connectivity index (χ1n) is 7.94. The van der Waals surface area contributed by atoms with Gasteiger partial charge in [-0.15, -0.1) is 0 Å². The average Bonchev–Trinajstić information content (AvgIpc) is 2.93. The van der Waals surface area contributed by atoms with E-state index in [4.69, 9.17) is 10.00 Å². The van der Waals surface area contributed by atoms with Gasteiger partial charge < -0.3 is 14.5 Å². The number of carbonyl (C=O) groups excluding carboxylic acids is 1. The van der Waals surface area contributed by atoms with E-state index >= 15 is 0 Å². The summed E-state index contributed by atoms with van der Waals surface area (Å²) < 4.78 is 5.48. The molecule has 2 aromatic carbocycles. The summed E-state index contributed by atoms with van der Waals surface area (Å²) in [5.41, 5.74) is 2.41. The van der Waals surface area contributed by atoms with Gasteiger partial charge in [-0.25, -0.2) is 0 Å². The first-order chi connectivity index (χ1) is 12.6. The number of hydrogen-bond donors (Lipinski definition) is 0. The number of para-hydroxylation sites is 2. The van der Waals surface area contributed by atoms with Crippen LogP contribution in [0.1, 0.15) is 5.56 Å². The summed E-state index contributed by atoms with van der Waals surface area (Å²) >= 11 is 0. The van der Waals surface area contributed by atoms with Gasteiger partial charge in [0.05, 0.1) is 23.0 Å². The SMILES string of the molecule is CN1C(=C(C#N)C(=O)COc2ccc(C#N)cc2)N(C)c2ccccc21. The van der Waals surface area contributed by atoms with Crippen LogP contribution in [0.4, 0.5) is 11.4 Å². The zero-order valence-electron chi connectivity index (χ0n) is 14.4. The summed E-state index contributed by atoms with van der Waals surface area (Å²) in [6, 6.07) is 18.2. The Kier molecular flexibility index (Phi) is 4.59. The third kappa shape index (κ3) is 2.97. The minimum absolute atomic E-state index is 0.0415. The molecular formula is C20H16N4O2. The zero-order chi connectivity index (χ0) is 18.7. The summed E-state index contributed by atoms with van der Waals surface area (Å²) in [6.45, 7) is -0.254. The molecule has 1 aliphatic heterocycles. The number of fused-ring (bicyclic) bond motifs is 1. The maximum absolute atomic E-state index is 12.6. The van der Waals surface area contributed by atoms with Gasteiger partial charge in [0.25, 0.3) is 0 Å². The van der Waals surface area contributed by atoms with Crippen molar-refractivity contribution in [1.29, 1.82) is 10.5 Å². The lowest BCUT2D eigenvalue weighted by atomic mass is 10.2. The van der Waals surface area contributed by atoms with Gasteiger partial charge in [-0.1, -0.05) is 12.1 Å². The van der Waals surface area contributed by atoms with Crippen molar-refractivity contribution in [3.05, 3.63) is 65.5 Å². The molecule has 0 saturated heterocycles. The fraction of sp³-hybridized carbons (Fsp3) is 0.150. The van der Waals surface area contributed by atoms with E-state index in [2.05, 4.69) is 0 Å². The van der Waals surface area contributed by atoms with Crippen LogP contribution >= 0.6 is 0 Å². The number of nitrogens with zero attached hydrogens (tertiary/aromatic N) is 4. The molecule has 0 unspecified atom stereocenters. The van der Waals surface area contributed by atoms with Crippen molar-refractivity contribution in [2.75, 3.05) is 30.5 Å². The molecule has 2 aromatic rings. The van der Waals surface area contributed by atoms with Gasteiger partial charge in [0, 0.05) is 14.1 Å². The number of ketones is 1. The molecule has 0 N–H and O–H groups in total. The molecule has 128 valence electrons. The largest absolute Gasteiger partial charge is 0.485 e. The first kappa shape index (κ1) is 17.1. The Bertz CT molecular complexity index is 934. The predicted octanol–water partition coefficient (Wildman–Crippen LogP) is 2.83. The van der Waals surface area contributed by atoms with Crippen molar-refractivity contribution >= 4 is 17.2 Å². The number of carbonyl (C=O) groups is 1. The Balaban J connectivity index is 1.82. The van der Waals surface area contributed by atoms with Crippen LogP contribution in [0, 0.1) is 22.7 Å². The van der Waals surface area contributed by atoms with Crippen molar-refractivity contribution in [3.63, 3.8) is 0 Å². The van der Waals surface area contributed by atoms with E-state index in [1.54, 1.807) is 24.3 Å². The molecule has 1 aliphatic rings. The number of benzene rings is 2. The molecule has 0 bridgehead atoms. The van der Waals surface area contributed by atoms with Crippen molar-refractivity contribution in [3.8, 4) is 17.9 Å². The van der Waals surface area contributed by atoms with Crippen LogP contribution < -0.4 is 14.5 Å². The number of nitriles is 2. The molecule has 1 heterocycles. The first-order valence-corrected chi connectivity index (χ1v) is 7.94. The Morgan fingerprint density at radius 2 is 1.58 bits per heavy atom. The number of anilines is 2. The normalized spacial score (nSPS) is 12.2. The van der Waals surface area contributed by atoms with Crippen LogP contribution in [0.15, 0.2) is 59.9 Å². The highest BCUT2D eigenvalue weighted by Crippen LogP contribution is 2.40. The highest BCUT2D eigenvalue weighted by atomic mass is 16.5. The van der Waals surface area contributed by atoms with E-state index in [9.17, 15) is 10.1 Å². The van der Waals surface area contributed by atoms with Crippen LogP contribution in [-0.2, 0) is 4.79 Å². The minimum atomic E-state index is -0.404. The Morgan fingerprint density at radius 3 is 2.08 bits per heavy atom. The molecule has 0 fully saturated rings. The lowest BCUT2D eigenvalue weighted by molar-refractivity contribution is -0.117. The van der Waals surface area contributed by atoms with Crippen LogP contribution in [0.3, 0.4) is 0 Å². The maximum atomic E-state index is 12.6. The molecule has 0 radical (unpaired) electrons. The molecule has 0 spiro atoms. The van der Waals surface area contributed by atoms with Gasteiger partial charge in [0.2, 0.25) is 5.78 Å². The predicted molar refractivity (Wildman–Crippen MR) is 97.5 cm³/mol. The monoisotopic (exact) mass is 344 g/mol. The second kappa shape index (κ2) is 7.00. The molecule has 0 saturated carbocycles. The summed E-state index contributed by atoms with van der Waals surface area (Å²) in [6.07, 6.45) is 0. The summed E-state index contributed by atoms with van der Waals surface area (Å²) in [5.74, 6) is 0.594. The molecule has 0 aliphatic carbocycles. The van der Waals surface area contributed by atoms with Crippen molar-refractivity contribution in [2.45, 2.75) is 0 Å². The van der Waals surface area contributed by atoms with Gasteiger partial charge >= 0.3 is 0 Å². The van der Waals surface area contributed by atoms with E-state index in [1.165, 1.54) is 0 Å². The van der Waals surface area contributed by atoms with E-state index in [-0.39, 0.29) is 12.2 Å². The fourth-order valence-electron chi connectivity index (χ4n) is 2.90. The molecule has 6 heteroatoms. The smallest absolute Gasteiger partial charge is 0.214 e. The molecule has 26 heavy (non-hydrogen) atoms. The quantitative estimate of drug-likeness (QED) is 0.627. The Hall–Kier alpha value is -3.77. The summed E-state index contributed by atoms with van der Waals surface area (Å²) in [4.78, 5) is 16.2. The number of rotatable bonds is 4. The molecule has 3 rings (SSSR count). The van der Waals surface area contributed by atoms with Gasteiger partial charge in [-0.3, -0.25) is 4.79 Å². The maximum Gasteiger partial charge on any atom is 0.214 e. The van der Waals surface area contributed by atoms with E-state index < -0.39 is 5.78 Å². The minimum Gasteiger partial charge on any atom is -0.485 e. The molecule has 6 nitrogen and oxygen atoms in total. The molecule has 0 amide bonds. The highest BCUT2D eigenvalue weighted by molar-refractivity contribution is 6.03. The lowest BCUT2D eigenvalue weighted by Crippen LogP contribution is -2.27. The molecular weight excluding hydrogens is 328 g/mol. The van der Waals surface area contributed by atoms with Gasteiger partial charge in [-0.2, -0.15) is 10.5 Å². The topological polar surface area (TPSA) is 80.4 Å². The van der Waals surface area contributed by atoms with E-state index in [0.717, 1.165) is 11.4 Å². The molecule has 0 atom stereocenters. The van der Waals surface area contributed by atoms with Gasteiger partial charge in [-0.05, 0) is 36.4 Å². The van der Waals surface area contributed by atoms with Crippen LogP contribution in [0.5, 0.6) is 5.75 Å². The summed E-state index contributed by atoms with van der Waals surface area (Å²) in [7, 11) is 3.65. The second-order valence-corrected chi connectivity index (χ2v) is 5.77.